The fourth-order valence-corrected chi connectivity index (χ4v) is 0.0945. The van der Waals surface area contributed by atoms with E-state index in [1.165, 1.54) is 6.92 Å². The molecule has 62 valence electrons. The second-order valence-corrected chi connectivity index (χ2v) is 0.951. The van der Waals surface area contributed by atoms with Crippen LogP contribution in [-0.2, 0) is 4.74 Å². The summed E-state index contributed by atoms with van der Waals surface area (Å²) in [6.45, 7) is -0.00264. The highest BCUT2D eigenvalue weighted by atomic mass is 19.3. The predicted molar refractivity (Wildman–Crippen MR) is 29.0 cm³/mol. The van der Waals surface area contributed by atoms with Crippen molar-refractivity contribution in [3.63, 3.8) is 0 Å². The predicted octanol–water partition coefficient (Wildman–Crippen LogP) is 2.64. The van der Waals surface area contributed by atoms with Gasteiger partial charge in [-0.3, -0.25) is 4.39 Å². The van der Waals surface area contributed by atoms with Crippen molar-refractivity contribution in [2.75, 3.05) is 13.5 Å². The van der Waals surface area contributed by atoms with Gasteiger partial charge in [0.2, 0.25) is 6.86 Å². The number of hydrogen-bond acceptors (Lipinski definition) is 1. The Labute approximate surface area is 56.3 Å². The van der Waals surface area contributed by atoms with E-state index in [-0.39, 0.29) is 12.9 Å². The van der Waals surface area contributed by atoms with Crippen molar-refractivity contribution in [1.29, 1.82) is 0 Å². The number of halogens is 4. The van der Waals surface area contributed by atoms with Gasteiger partial charge >= 0.3 is 6.08 Å². The Kier molecular flexibility index (Phi) is 13.3. The van der Waals surface area contributed by atoms with Crippen LogP contribution in [0.4, 0.5) is 17.6 Å². The van der Waals surface area contributed by atoms with Gasteiger partial charge in [-0.15, -0.1) is 0 Å². The van der Waals surface area contributed by atoms with E-state index in [2.05, 4.69) is 4.74 Å². The van der Waals surface area contributed by atoms with Gasteiger partial charge < -0.3 is 4.74 Å². The maximum absolute atomic E-state index is 10.8. The second-order valence-electron chi connectivity index (χ2n) is 0.951. The summed E-state index contributed by atoms with van der Waals surface area (Å²) in [4.78, 5) is 0. The topological polar surface area (TPSA) is 9.23 Å². The van der Waals surface area contributed by atoms with Crippen LogP contribution in [-0.4, -0.2) is 13.5 Å². The summed E-state index contributed by atoms with van der Waals surface area (Å²) in [6, 6.07) is 0. The van der Waals surface area contributed by atoms with E-state index in [4.69, 9.17) is 0 Å². The molecule has 0 saturated carbocycles. The fraction of sp³-hybridized carbons (Fsp3) is 0.600. The molecule has 0 aliphatic rings. The lowest BCUT2D eigenvalue weighted by molar-refractivity contribution is 0.130. The van der Waals surface area contributed by atoms with Crippen LogP contribution >= 0.6 is 0 Å². The maximum Gasteiger partial charge on any atom is 0.304 e. The molecule has 0 radical (unpaired) electrons. The number of rotatable bonds is 2. The monoisotopic (exact) mass is 160 g/mol. The highest BCUT2D eigenvalue weighted by Crippen LogP contribution is 1.95. The Bertz CT molecular complexity index is 79.7. The van der Waals surface area contributed by atoms with Gasteiger partial charge in [-0.2, -0.15) is 8.78 Å². The van der Waals surface area contributed by atoms with Gasteiger partial charge in [0.15, 0.2) is 6.26 Å². The Morgan fingerprint density at radius 3 is 1.90 bits per heavy atom. The van der Waals surface area contributed by atoms with Crippen molar-refractivity contribution < 1.29 is 22.3 Å². The fourth-order valence-electron chi connectivity index (χ4n) is 0.0945. The molecule has 0 amide bonds. The van der Waals surface area contributed by atoms with Crippen molar-refractivity contribution in [2.24, 2.45) is 0 Å². The van der Waals surface area contributed by atoms with E-state index in [0.29, 0.717) is 0 Å². The average molecular weight is 160 g/mol. The zero-order chi connectivity index (χ0) is 8.41. The van der Waals surface area contributed by atoms with Crippen molar-refractivity contribution in [3.05, 3.63) is 12.3 Å². The third kappa shape index (κ3) is 26.8. The van der Waals surface area contributed by atoms with E-state index in [0.717, 1.165) is 0 Å². The summed E-state index contributed by atoms with van der Waals surface area (Å²) in [5.41, 5.74) is 0. The lowest BCUT2D eigenvalue weighted by Gasteiger charge is -1.84. The molecule has 5 heteroatoms. The molecule has 0 saturated heterocycles. The normalized spacial score (nSPS) is 7.30. The summed E-state index contributed by atoms with van der Waals surface area (Å²) in [5, 5.41) is 0. The SMILES string of the molecule is CCF.FCOC=C(F)F. The van der Waals surface area contributed by atoms with Crippen LogP contribution < -0.4 is 0 Å². The molecule has 0 bridgehead atoms. The highest BCUT2D eigenvalue weighted by molar-refractivity contribution is 4.68. The number of hydrogen-bond donors (Lipinski definition) is 0. The van der Waals surface area contributed by atoms with Gasteiger partial charge in [-0.1, -0.05) is 0 Å². The molecule has 0 aliphatic heterocycles. The zero-order valence-electron chi connectivity index (χ0n) is 5.41. The van der Waals surface area contributed by atoms with Gasteiger partial charge in [0, 0.05) is 0 Å². The van der Waals surface area contributed by atoms with Crippen LogP contribution in [0.25, 0.3) is 0 Å². The largest absolute Gasteiger partial charge is 0.465 e. The van der Waals surface area contributed by atoms with Crippen LogP contribution in [0.2, 0.25) is 0 Å². The summed E-state index contributed by atoms with van der Waals surface area (Å²) in [7, 11) is 0. The average Bonchev–Trinajstić information content (AvgIpc) is 1.85. The summed E-state index contributed by atoms with van der Waals surface area (Å²) in [6.07, 6.45) is -1.97. The minimum Gasteiger partial charge on any atom is -0.465 e. The molecule has 0 N–H and O–H groups in total. The molecule has 0 aliphatic carbocycles. The first-order chi connectivity index (χ1) is 4.68. The first kappa shape index (κ1) is 12.0. The molecular weight excluding hydrogens is 152 g/mol. The van der Waals surface area contributed by atoms with Gasteiger partial charge in [0.05, 0.1) is 6.67 Å². The molecule has 1 nitrogen and oxygen atoms in total. The van der Waals surface area contributed by atoms with Crippen molar-refractivity contribution in [3.8, 4) is 0 Å². The minimum atomic E-state index is -2.03. The first-order valence-corrected chi connectivity index (χ1v) is 2.43. The minimum absolute atomic E-state index is 0.0556. The van der Waals surface area contributed by atoms with Gasteiger partial charge in [0.1, 0.15) is 0 Å². The summed E-state index contributed by atoms with van der Waals surface area (Å²) < 4.78 is 46.1. The van der Waals surface area contributed by atoms with Crippen LogP contribution in [0.3, 0.4) is 0 Å². The number of ether oxygens (including phenoxy) is 1. The highest BCUT2D eigenvalue weighted by Gasteiger charge is 1.83. The van der Waals surface area contributed by atoms with E-state index in [1.54, 1.807) is 0 Å². The molecule has 0 spiro atoms. The van der Waals surface area contributed by atoms with E-state index < -0.39 is 12.9 Å². The molecule has 10 heavy (non-hydrogen) atoms. The van der Waals surface area contributed by atoms with Crippen LogP contribution in [0.1, 0.15) is 6.92 Å². The van der Waals surface area contributed by atoms with Crippen molar-refractivity contribution >= 4 is 0 Å². The maximum atomic E-state index is 10.8. The Morgan fingerprint density at radius 1 is 1.40 bits per heavy atom. The van der Waals surface area contributed by atoms with Crippen molar-refractivity contribution in [1.82, 2.24) is 0 Å². The molecule has 0 rings (SSSR count). The third-order valence-electron chi connectivity index (χ3n) is 0.235. The standard InChI is InChI=1S/C3H3F3O.C2H5F/c4-2-7-1-3(5)6;1-2-3/h1H,2H2;2H2,1H3. The van der Waals surface area contributed by atoms with E-state index in [1.807, 2.05) is 0 Å². The third-order valence-corrected chi connectivity index (χ3v) is 0.235. The zero-order valence-corrected chi connectivity index (χ0v) is 5.41. The van der Waals surface area contributed by atoms with E-state index in [9.17, 15) is 17.6 Å². The molecule has 0 heterocycles. The Morgan fingerprint density at radius 2 is 1.80 bits per heavy atom. The molecule has 0 unspecified atom stereocenters. The molecule has 0 atom stereocenters. The molecule has 0 aromatic carbocycles. The van der Waals surface area contributed by atoms with Gasteiger partial charge in [-0.05, 0) is 6.92 Å². The first-order valence-electron chi connectivity index (χ1n) is 2.43. The molecule has 0 aromatic rings. The van der Waals surface area contributed by atoms with Gasteiger partial charge in [-0.25, -0.2) is 4.39 Å². The Hall–Kier alpha value is -0.740. The van der Waals surface area contributed by atoms with Crippen LogP contribution in [0.15, 0.2) is 12.3 Å². The lowest BCUT2D eigenvalue weighted by Crippen LogP contribution is -1.73. The van der Waals surface area contributed by atoms with Crippen molar-refractivity contribution in [2.45, 2.75) is 6.92 Å². The molecule has 0 fully saturated rings. The second kappa shape index (κ2) is 11.1. The lowest BCUT2D eigenvalue weighted by atomic mass is 10.9. The summed E-state index contributed by atoms with van der Waals surface area (Å²) >= 11 is 0. The smallest absolute Gasteiger partial charge is 0.304 e. The van der Waals surface area contributed by atoms with Gasteiger partial charge in [0.25, 0.3) is 0 Å². The van der Waals surface area contributed by atoms with Crippen LogP contribution in [0, 0.1) is 0 Å². The number of alkyl halides is 2. The molecular formula is C5H8F4O. The molecule has 0 aromatic heterocycles. The van der Waals surface area contributed by atoms with Crippen LogP contribution in [0.5, 0.6) is 0 Å². The summed E-state index contributed by atoms with van der Waals surface area (Å²) in [5.74, 6) is 0. The quantitative estimate of drug-likeness (QED) is 0.445. The Balaban J connectivity index is 0. The van der Waals surface area contributed by atoms with E-state index >= 15 is 0 Å².